The zero-order chi connectivity index (χ0) is 21.5. The highest BCUT2D eigenvalue weighted by atomic mass is 16.6. The first-order chi connectivity index (χ1) is 14.1. The van der Waals surface area contributed by atoms with Crippen molar-refractivity contribution in [3.8, 4) is 0 Å². The Balaban J connectivity index is 1.34. The van der Waals surface area contributed by atoms with E-state index in [4.69, 9.17) is 4.74 Å². The van der Waals surface area contributed by atoms with Crippen molar-refractivity contribution in [2.75, 3.05) is 0 Å². The number of aliphatic hydroxyl groups excluding tert-OH is 2. The lowest BCUT2D eigenvalue weighted by Gasteiger charge is -2.59. The van der Waals surface area contributed by atoms with Gasteiger partial charge in [0.15, 0.2) is 0 Å². The average Bonchev–Trinajstić information content (AvgIpc) is 3.13. The molecule has 4 aliphatic carbocycles. The molecule has 0 amide bonds. The molecule has 3 nitrogen and oxygen atoms in total. The van der Waals surface area contributed by atoms with E-state index in [0.29, 0.717) is 29.3 Å². The quantitative estimate of drug-likeness (QED) is 0.470. The number of epoxide rings is 1. The maximum absolute atomic E-state index is 11.3. The van der Waals surface area contributed by atoms with E-state index in [1.807, 2.05) is 0 Å². The molecule has 2 N–H and O–H groups in total. The largest absolute Gasteiger partial charge is 0.393 e. The molecule has 1 saturated heterocycles. The van der Waals surface area contributed by atoms with Gasteiger partial charge in [-0.25, -0.2) is 0 Å². The van der Waals surface area contributed by atoms with Crippen molar-refractivity contribution >= 4 is 0 Å². The molecule has 0 aromatic heterocycles. The predicted octanol–water partition coefficient (Wildman–Crippen LogP) is 5.49. The van der Waals surface area contributed by atoms with Crippen molar-refractivity contribution in [2.24, 2.45) is 40.4 Å². The van der Waals surface area contributed by atoms with Gasteiger partial charge in [0.05, 0.1) is 23.9 Å². The van der Waals surface area contributed by atoms with Crippen LogP contribution in [0.2, 0.25) is 0 Å². The number of rotatable bonds is 4. The van der Waals surface area contributed by atoms with Crippen molar-refractivity contribution in [1.29, 1.82) is 0 Å². The highest BCUT2D eigenvalue weighted by Crippen LogP contribution is 2.67. The summed E-state index contributed by atoms with van der Waals surface area (Å²) in [6.07, 6.45) is 12.6. The van der Waals surface area contributed by atoms with E-state index in [9.17, 15) is 10.2 Å². The molecule has 5 rings (SSSR count). The van der Waals surface area contributed by atoms with Gasteiger partial charge in [-0.3, -0.25) is 0 Å². The molecule has 30 heavy (non-hydrogen) atoms. The van der Waals surface area contributed by atoms with Gasteiger partial charge in [-0.1, -0.05) is 32.4 Å². The number of ether oxygens (including phenoxy) is 1. The summed E-state index contributed by atoms with van der Waals surface area (Å²) in [5, 5.41) is 21.5. The fourth-order valence-corrected chi connectivity index (χ4v) is 8.96. The number of hydrogen-bond acceptors (Lipinski definition) is 3. The molecule has 0 bridgehead atoms. The van der Waals surface area contributed by atoms with Crippen molar-refractivity contribution in [1.82, 2.24) is 0 Å². The van der Waals surface area contributed by atoms with E-state index >= 15 is 0 Å². The van der Waals surface area contributed by atoms with E-state index in [-0.39, 0.29) is 23.2 Å². The first-order valence-corrected chi connectivity index (χ1v) is 12.8. The Hall–Kier alpha value is -0.380. The van der Waals surface area contributed by atoms with Crippen LogP contribution in [-0.2, 0) is 4.74 Å². The Morgan fingerprint density at radius 2 is 1.77 bits per heavy atom. The van der Waals surface area contributed by atoms with Crippen LogP contribution in [0.3, 0.4) is 0 Å². The Bertz CT molecular complexity index is 713. The maximum atomic E-state index is 11.3. The summed E-state index contributed by atoms with van der Waals surface area (Å²) in [6, 6.07) is 0. The minimum Gasteiger partial charge on any atom is -0.393 e. The number of fused-ring (bicyclic) bond motifs is 5. The Morgan fingerprint density at radius 1 is 1.03 bits per heavy atom. The minimum atomic E-state index is -0.317. The minimum absolute atomic E-state index is 0.110. The Kier molecular flexibility index (Phi) is 5.05. The molecule has 0 aromatic carbocycles. The van der Waals surface area contributed by atoms with Gasteiger partial charge < -0.3 is 14.9 Å². The van der Waals surface area contributed by atoms with Crippen LogP contribution >= 0.6 is 0 Å². The molecule has 4 fully saturated rings. The predicted molar refractivity (Wildman–Crippen MR) is 120 cm³/mol. The molecule has 1 aliphatic heterocycles. The van der Waals surface area contributed by atoms with E-state index in [2.05, 4.69) is 40.7 Å². The van der Waals surface area contributed by atoms with Crippen LogP contribution in [0.25, 0.3) is 0 Å². The lowest BCUT2D eigenvalue weighted by atomic mass is 9.46. The third-order valence-electron chi connectivity index (χ3n) is 10.9. The third-order valence-corrected chi connectivity index (χ3v) is 10.9. The van der Waals surface area contributed by atoms with E-state index < -0.39 is 0 Å². The second-order valence-electron chi connectivity index (χ2n) is 12.8. The molecule has 3 saturated carbocycles. The van der Waals surface area contributed by atoms with Crippen molar-refractivity contribution in [2.45, 2.75) is 116 Å². The number of aliphatic hydroxyl groups is 2. The van der Waals surface area contributed by atoms with Crippen molar-refractivity contribution < 1.29 is 14.9 Å². The zero-order valence-electron chi connectivity index (χ0n) is 19.9. The van der Waals surface area contributed by atoms with Crippen LogP contribution in [-0.4, -0.2) is 34.1 Å². The van der Waals surface area contributed by atoms with E-state index in [1.165, 1.54) is 44.1 Å². The monoisotopic (exact) mass is 416 g/mol. The SMILES string of the molecule is C[C@H](CC[C@@H]1OC1(C)C)[C@H]1CC[C@H]2[C@@H]3C(O)C=C4C[C@@H](O)CC[C@]4(C)[C@H]3CC[C@]12C. The molecule has 0 spiro atoms. The average molecular weight is 417 g/mol. The summed E-state index contributed by atoms with van der Waals surface area (Å²) in [7, 11) is 0. The maximum Gasteiger partial charge on any atom is 0.0892 e. The van der Waals surface area contributed by atoms with Crippen LogP contribution in [0.15, 0.2) is 11.6 Å². The summed E-state index contributed by atoms with van der Waals surface area (Å²) in [5.74, 6) is 3.17. The standard InChI is InChI=1S/C27H44O3/c1-16(6-9-23-25(2,3)30-23)19-7-8-20-24-21(11-13-27(19,20)5)26(4)12-10-18(28)14-17(26)15-22(24)29/h15-16,18-24,28-29H,6-14H2,1-5H3/t16-,18+,19-,20+,21+,22?,23+,24+,26+,27-/m1/s1. The second kappa shape index (κ2) is 7.06. The van der Waals surface area contributed by atoms with Gasteiger partial charge in [0.2, 0.25) is 0 Å². The lowest BCUT2D eigenvalue weighted by molar-refractivity contribution is -0.0971. The van der Waals surface area contributed by atoms with Gasteiger partial charge in [-0.05, 0) is 112 Å². The Labute approximate surface area is 183 Å². The van der Waals surface area contributed by atoms with Crippen molar-refractivity contribution in [3.63, 3.8) is 0 Å². The van der Waals surface area contributed by atoms with Crippen LogP contribution in [0.4, 0.5) is 0 Å². The van der Waals surface area contributed by atoms with Crippen LogP contribution in [0.5, 0.6) is 0 Å². The van der Waals surface area contributed by atoms with Crippen molar-refractivity contribution in [3.05, 3.63) is 11.6 Å². The lowest BCUT2D eigenvalue weighted by Crippen LogP contribution is -2.54. The smallest absolute Gasteiger partial charge is 0.0892 e. The molecular formula is C27H44O3. The first kappa shape index (κ1) is 21.5. The van der Waals surface area contributed by atoms with Gasteiger partial charge >= 0.3 is 0 Å². The topological polar surface area (TPSA) is 53.0 Å². The van der Waals surface area contributed by atoms with Gasteiger partial charge in [-0.15, -0.1) is 0 Å². The van der Waals surface area contributed by atoms with E-state index in [1.54, 1.807) is 0 Å². The molecular weight excluding hydrogens is 372 g/mol. The van der Waals surface area contributed by atoms with Gasteiger partial charge in [-0.2, -0.15) is 0 Å². The normalized spacial score (nSPS) is 52.6. The molecule has 3 heteroatoms. The Morgan fingerprint density at radius 3 is 2.47 bits per heavy atom. The first-order valence-electron chi connectivity index (χ1n) is 12.8. The molecule has 0 aromatic rings. The van der Waals surface area contributed by atoms with E-state index in [0.717, 1.165) is 31.1 Å². The van der Waals surface area contributed by atoms with Gasteiger partial charge in [0.1, 0.15) is 0 Å². The van der Waals surface area contributed by atoms with Crippen LogP contribution in [0, 0.1) is 40.4 Å². The van der Waals surface area contributed by atoms with Crippen LogP contribution in [0.1, 0.15) is 92.4 Å². The molecule has 1 heterocycles. The highest BCUT2D eigenvalue weighted by Gasteiger charge is 2.61. The molecule has 170 valence electrons. The molecule has 10 atom stereocenters. The van der Waals surface area contributed by atoms with Gasteiger partial charge in [0, 0.05) is 0 Å². The fourth-order valence-electron chi connectivity index (χ4n) is 8.96. The summed E-state index contributed by atoms with van der Waals surface area (Å²) in [5.41, 5.74) is 2.04. The second-order valence-corrected chi connectivity index (χ2v) is 12.8. The fraction of sp³-hybridized carbons (Fsp3) is 0.926. The number of hydrogen-bond donors (Lipinski definition) is 2. The summed E-state index contributed by atoms with van der Waals surface area (Å²) in [6.45, 7) is 11.9. The van der Waals surface area contributed by atoms with Crippen LogP contribution < -0.4 is 0 Å². The zero-order valence-corrected chi connectivity index (χ0v) is 19.9. The molecule has 0 radical (unpaired) electrons. The summed E-state index contributed by atoms with van der Waals surface area (Å²) in [4.78, 5) is 0. The van der Waals surface area contributed by atoms with Gasteiger partial charge in [0.25, 0.3) is 0 Å². The molecule has 1 unspecified atom stereocenters. The summed E-state index contributed by atoms with van der Waals surface area (Å²) < 4.78 is 5.85. The third kappa shape index (κ3) is 3.17. The highest BCUT2D eigenvalue weighted by molar-refractivity contribution is 5.27. The summed E-state index contributed by atoms with van der Waals surface area (Å²) >= 11 is 0. The molecule has 5 aliphatic rings.